The summed E-state index contributed by atoms with van der Waals surface area (Å²) in [6.07, 6.45) is -5.04. The van der Waals surface area contributed by atoms with Crippen LogP contribution in [-0.2, 0) is 16.1 Å². The molecule has 8 heteroatoms. The van der Waals surface area contributed by atoms with Crippen molar-refractivity contribution in [2.24, 2.45) is 10.9 Å². The minimum atomic E-state index is -5.04. The van der Waals surface area contributed by atoms with E-state index in [1.54, 1.807) is 35.6 Å². The number of hydrogen-bond donors (Lipinski definition) is 1. The maximum atomic E-state index is 13.6. The van der Waals surface area contributed by atoms with Crippen LogP contribution in [0.25, 0.3) is 0 Å². The lowest BCUT2D eigenvalue weighted by Crippen LogP contribution is -2.63. The van der Waals surface area contributed by atoms with Gasteiger partial charge < -0.3 is 5.32 Å². The lowest BCUT2D eigenvalue weighted by atomic mass is 10.1. The van der Waals surface area contributed by atoms with Crippen LogP contribution in [0.5, 0.6) is 0 Å². The van der Waals surface area contributed by atoms with Crippen LogP contribution in [-0.4, -0.2) is 34.4 Å². The number of alkyl halides is 3. The lowest BCUT2D eigenvalue weighted by molar-refractivity contribution is -0.200. The SMILES string of the molecule is CC1=NC(NC(=O)C(C)C)(C(F)(F)F)C(=O)N1Cc1ccccc1. The Morgan fingerprint density at radius 3 is 2.38 bits per heavy atom. The van der Waals surface area contributed by atoms with Gasteiger partial charge in [0.05, 0.1) is 6.54 Å². The maximum Gasteiger partial charge on any atom is 0.442 e. The van der Waals surface area contributed by atoms with E-state index in [0.717, 1.165) is 4.90 Å². The smallest absolute Gasteiger partial charge is 0.316 e. The molecule has 0 bridgehead atoms. The standard InChI is InChI=1S/C16H18F3N3O2/c1-10(2)13(23)21-15(16(17,18)19)14(24)22(11(3)20-15)9-12-7-5-4-6-8-12/h4-8,10H,9H2,1-3H3,(H,21,23). The first-order chi connectivity index (χ1) is 11.1. The number of hydrogen-bond acceptors (Lipinski definition) is 3. The average molecular weight is 341 g/mol. The third-order valence-corrected chi connectivity index (χ3v) is 3.70. The highest BCUT2D eigenvalue weighted by molar-refractivity contribution is 6.09. The van der Waals surface area contributed by atoms with E-state index in [1.165, 1.54) is 20.8 Å². The van der Waals surface area contributed by atoms with Crippen molar-refractivity contribution in [3.05, 3.63) is 35.9 Å². The van der Waals surface area contributed by atoms with Gasteiger partial charge in [0.25, 0.3) is 5.91 Å². The second-order valence-electron chi connectivity index (χ2n) is 5.89. The Hall–Kier alpha value is -2.38. The predicted octanol–water partition coefficient (Wildman–Crippen LogP) is 2.48. The van der Waals surface area contributed by atoms with Crippen LogP contribution in [0.1, 0.15) is 26.3 Å². The fourth-order valence-electron chi connectivity index (χ4n) is 2.30. The highest BCUT2D eigenvalue weighted by atomic mass is 19.4. The van der Waals surface area contributed by atoms with Gasteiger partial charge in [0.1, 0.15) is 5.84 Å². The van der Waals surface area contributed by atoms with Crippen LogP contribution in [0.15, 0.2) is 35.3 Å². The molecule has 0 radical (unpaired) electrons. The Kier molecular flexibility index (Phi) is 4.68. The number of nitrogens with zero attached hydrogens (tertiary/aromatic N) is 2. The summed E-state index contributed by atoms with van der Waals surface area (Å²) in [4.78, 5) is 28.8. The molecule has 1 aliphatic rings. The van der Waals surface area contributed by atoms with Gasteiger partial charge >= 0.3 is 11.8 Å². The Morgan fingerprint density at radius 2 is 1.88 bits per heavy atom. The number of carbonyl (C=O) groups excluding carboxylic acids is 2. The summed E-state index contributed by atoms with van der Waals surface area (Å²) in [6, 6.07) is 8.60. The number of benzene rings is 1. The summed E-state index contributed by atoms with van der Waals surface area (Å²) < 4.78 is 40.8. The van der Waals surface area contributed by atoms with E-state index in [9.17, 15) is 22.8 Å². The largest absolute Gasteiger partial charge is 0.442 e. The van der Waals surface area contributed by atoms with Crippen molar-refractivity contribution < 1.29 is 22.8 Å². The summed E-state index contributed by atoms with van der Waals surface area (Å²) in [5, 5.41) is 1.79. The topological polar surface area (TPSA) is 61.8 Å². The molecule has 0 saturated carbocycles. The number of aliphatic imine (C=N–C) groups is 1. The molecule has 1 heterocycles. The van der Waals surface area contributed by atoms with Gasteiger partial charge in [0, 0.05) is 5.92 Å². The van der Waals surface area contributed by atoms with Crippen molar-refractivity contribution in [3.8, 4) is 0 Å². The predicted molar refractivity (Wildman–Crippen MR) is 81.9 cm³/mol. The molecule has 0 fully saturated rings. The van der Waals surface area contributed by atoms with Crippen LogP contribution in [0, 0.1) is 5.92 Å². The van der Waals surface area contributed by atoms with E-state index in [-0.39, 0.29) is 12.4 Å². The number of halogens is 3. The lowest BCUT2D eigenvalue weighted by Gasteiger charge is -2.29. The molecule has 1 atom stereocenters. The first kappa shape index (κ1) is 18.0. The molecule has 0 aromatic heterocycles. The summed E-state index contributed by atoms with van der Waals surface area (Å²) in [5.41, 5.74) is -2.60. The number of amidine groups is 1. The summed E-state index contributed by atoms with van der Waals surface area (Å²) >= 11 is 0. The molecule has 5 nitrogen and oxygen atoms in total. The number of rotatable bonds is 4. The van der Waals surface area contributed by atoms with E-state index < -0.39 is 29.6 Å². The van der Waals surface area contributed by atoms with Crippen LogP contribution in [0.2, 0.25) is 0 Å². The second-order valence-corrected chi connectivity index (χ2v) is 5.89. The minimum Gasteiger partial charge on any atom is -0.316 e. The van der Waals surface area contributed by atoms with Crippen molar-refractivity contribution >= 4 is 17.6 Å². The van der Waals surface area contributed by atoms with E-state index in [4.69, 9.17) is 0 Å². The van der Waals surface area contributed by atoms with Gasteiger partial charge in [-0.25, -0.2) is 4.99 Å². The molecule has 1 aromatic carbocycles. The zero-order valence-corrected chi connectivity index (χ0v) is 13.5. The Morgan fingerprint density at radius 1 is 1.29 bits per heavy atom. The zero-order valence-electron chi connectivity index (χ0n) is 13.5. The van der Waals surface area contributed by atoms with Gasteiger partial charge in [-0.1, -0.05) is 44.2 Å². The van der Waals surface area contributed by atoms with Crippen LogP contribution in [0.3, 0.4) is 0 Å². The molecule has 0 aliphatic carbocycles. The molecule has 1 unspecified atom stereocenters. The molecule has 24 heavy (non-hydrogen) atoms. The third kappa shape index (κ3) is 3.13. The maximum absolute atomic E-state index is 13.6. The molecule has 0 spiro atoms. The highest BCUT2D eigenvalue weighted by Crippen LogP contribution is 2.38. The summed E-state index contributed by atoms with van der Waals surface area (Å²) in [5.74, 6) is -3.00. The molecule has 1 N–H and O–H groups in total. The highest BCUT2D eigenvalue weighted by Gasteiger charge is 2.66. The van der Waals surface area contributed by atoms with E-state index in [0.29, 0.717) is 5.56 Å². The zero-order chi connectivity index (χ0) is 18.1. The van der Waals surface area contributed by atoms with Crippen molar-refractivity contribution in [1.82, 2.24) is 10.2 Å². The second kappa shape index (κ2) is 6.26. The minimum absolute atomic E-state index is 0.0512. The Bertz CT molecular complexity index is 671. The average Bonchev–Trinajstić information content (AvgIpc) is 2.73. The van der Waals surface area contributed by atoms with Crippen LogP contribution < -0.4 is 5.32 Å². The molecule has 2 amide bonds. The van der Waals surface area contributed by atoms with E-state index in [1.807, 2.05) is 0 Å². The first-order valence-corrected chi connectivity index (χ1v) is 7.39. The molecule has 0 saturated heterocycles. The molecule has 1 aliphatic heterocycles. The van der Waals surface area contributed by atoms with Crippen molar-refractivity contribution in [1.29, 1.82) is 0 Å². The normalized spacial score (nSPS) is 21.2. The molecular weight excluding hydrogens is 323 g/mol. The molecule has 1 aromatic rings. The van der Waals surface area contributed by atoms with Crippen LogP contribution >= 0.6 is 0 Å². The number of carbonyl (C=O) groups is 2. The fourth-order valence-corrected chi connectivity index (χ4v) is 2.30. The quantitative estimate of drug-likeness (QED) is 0.914. The van der Waals surface area contributed by atoms with Gasteiger partial charge in [0.15, 0.2) is 0 Å². The van der Waals surface area contributed by atoms with E-state index in [2.05, 4.69) is 4.99 Å². The summed E-state index contributed by atoms with van der Waals surface area (Å²) in [7, 11) is 0. The summed E-state index contributed by atoms with van der Waals surface area (Å²) in [6.45, 7) is 4.15. The molecular formula is C16H18F3N3O2. The van der Waals surface area contributed by atoms with Gasteiger partial charge in [-0.3, -0.25) is 14.5 Å². The fraction of sp³-hybridized carbons (Fsp3) is 0.438. The van der Waals surface area contributed by atoms with Gasteiger partial charge in [0.2, 0.25) is 5.91 Å². The number of amides is 2. The number of nitrogens with one attached hydrogen (secondary N) is 1. The van der Waals surface area contributed by atoms with Crippen LogP contribution in [0.4, 0.5) is 13.2 Å². The van der Waals surface area contributed by atoms with E-state index >= 15 is 0 Å². The monoisotopic (exact) mass is 341 g/mol. The van der Waals surface area contributed by atoms with Crippen molar-refractivity contribution in [3.63, 3.8) is 0 Å². The molecule has 130 valence electrons. The molecule has 2 rings (SSSR count). The first-order valence-electron chi connectivity index (χ1n) is 7.39. The van der Waals surface area contributed by atoms with Gasteiger partial charge in [-0.2, -0.15) is 13.2 Å². The van der Waals surface area contributed by atoms with Gasteiger partial charge in [-0.05, 0) is 12.5 Å². The third-order valence-electron chi connectivity index (χ3n) is 3.70. The van der Waals surface area contributed by atoms with Crippen molar-refractivity contribution in [2.75, 3.05) is 0 Å². The Balaban J connectivity index is 2.37. The van der Waals surface area contributed by atoms with Crippen molar-refractivity contribution in [2.45, 2.75) is 39.2 Å². The van der Waals surface area contributed by atoms with Gasteiger partial charge in [-0.15, -0.1) is 0 Å². The Labute approximate surface area is 137 Å².